The van der Waals surface area contributed by atoms with E-state index in [2.05, 4.69) is 4.98 Å². The van der Waals surface area contributed by atoms with Gasteiger partial charge in [-0.3, -0.25) is 14.6 Å². The standard InChI is InChI=1S/C26H26N2O5/c1-15(2)18-12-19(16(3)11-21(18)32-4)24(29)22-23(20-8-6-10-33-20)28(26(31)25(22)30)14-17-7-5-9-27-13-17/h5-13,15,23,29H,14H2,1-4H3/b24-22+. The maximum atomic E-state index is 13.2. The average molecular weight is 447 g/mol. The highest BCUT2D eigenvalue weighted by atomic mass is 16.5. The number of ketones is 1. The number of ether oxygens (including phenoxy) is 1. The number of carbonyl (C=O) groups is 2. The van der Waals surface area contributed by atoms with Crippen molar-refractivity contribution in [2.24, 2.45) is 0 Å². The number of furan rings is 1. The molecule has 1 fully saturated rings. The molecule has 1 atom stereocenters. The average Bonchev–Trinajstić information content (AvgIpc) is 3.41. The molecule has 3 heterocycles. The van der Waals surface area contributed by atoms with Gasteiger partial charge in [-0.2, -0.15) is 0 Å². The minimum Gasteiger partial charge on any atom is -0.507 e. The van der Waals surface area contributed by atoms with Gasteiger partial charge in [-0.1, -0.05) is 19.9 Å². The van der Waals surface area contributed by atoms with Gasteiger partial charge < -0.3 is 19.2 Å². The fourth-order valence-corrected chi connectivity index (χ4v) is 4.20. The summed E-state index contributed by atoms with van der Waals surface area (Å²) in [6.45, 7) is 6.02. The molecular formula is C26H26N2O5. The highest BCUT2D eigenvalue weighted by Gasteiger charge is 2.47. The van der Waals surface area contributed by atoms with Crippen LogP contribution in [0.5, 0.6) is 5.75 Å². The summed E-state index contributed by atoms with van der Waals surface area (Å²) in [4.78, 5) is 31.8. The van der Waals surface area contributed by atoms with E-state index >= 15 is 0 Å². The lowest BCUT2D eigenvalue weighted by atomic mass is 9.92. The number of rotatable bonds is 6. The number of aliphatic hydroxyl groups is 1. The SMILES string of the molecule is COc1cc(C)c(/C(O)=C2\C(=O)C(=O)N(Cc3cccnc3)C2c2ccco2)cc1C(C)C. The first-order valence-electron chi connectivity index (χ1n) is 10.7. The number of hydrogen-bond donors (Lipinski definition) is 1. The molecule has 33 heavy (non-hydrogen) atoms. The van der Waals surface area contributed by atoms with Gasteiger partial charge in [0.2, 0.25) is 0 Å². The van der Waals surface area contributed by atoms with Gasteiger partial charge in [0.05, 0.1) is 18.9 Å². The van der Waals surface area contributed by atoms with Crippen molar-refractivity contribution in [1.82, 2.24) is 9.88 Å². The van der Waals surface area contributed by atoms with E-state index in [4.69, 9.17) is 9.15 Å². The number of carbonyl (C=O) groups excluding carboxylic acids is 2. The second-order valence-electron chi connectivity index (χ2n) is 8.37. The zero-order chi connectivity index (χ0) is 23.7. The zero-order valence-corrected chi connectivity index (χ0v) is 19.0. The van der Waals surface area contributed by atoms with Gasteiger partial charge in [0.1, 0.15) is 23.3 Å². The number of amides is 1. The number of aromatic nitrogens is 1. The monoisotopic (exact) mass is 446 g/mol. The van der Waals surface area contributed by atoms with Crippen molar-refractivity contribution in [3.63, 3.8) is 0 Å². The van der Waals surface area contributed by atoms with Crippen LogP contribution in [0.3, 0.4) is 0 Å². The molecule has 1 unspecified atom stereocenters. The van der Waals surface area contributed by atoms with Crippen molar-refractivity contribution in [1.29, 1.82) is 0 Å². The highest BCUT2D eigenvalue weighted by Crippen LogP contribution is 2.42. The molecule has 1 aromatic carbocycles. The molecule has 3 aromatic rings. The number of benzene rings is 1. The molecule has 1 aliphatic rings. The van der Waals surface area contributed by atoms with Crippen LogP contribution in [0.15, 0.2) is 65.0 Å². The fraction of sp³-hybridized carbons (Fsp3) is 0.269. The number of aliphatic hydroxyl groups excluding tert-OH is 1. The topological polar surface area (TPSA) is 92.9 Å². The predicted molar refractivity (Wildman–Crippen MR) is 123 cm³/mol. The molecule has 2 aromatic heterocycles. The summed E-state index contributed by atoms with van der Waals surface area (Å²) in [5, 5.41) is 11.4. The van der Waals surface area contributed by atoms with Crippen LogP contribution in [0, 0.1) is 6.92 Å². The number of aryl methyl sites for hydroxylation is 1. The highest BCUT2D eigenvalue weighted by molar-refractivity contribution is 6.46. The zero-order valence-electron chi connectivity index (χ0n) is 19.0. The Hall–Kier alpha value is -3.87. The largest absolute Gasteiger partial charge is 0.507 e. The Morgan fingerprint density at radius 2 is 2.03 bits per heavy atom. The summed E-state index contributed by atoms with van der Waals surface area (Å²) >= 11 is 0. The Bertz CT molecular complexity index is 1210. The van der Waals surface area contributed by atoms with Gasteiger partial charge in [0.15, 0.2) is 0 Å². The van der Waals surface area contributed by atoms with E-state index in [1.165, 1.54) is 11.2 Å². The summed E-state index contributed by atoms with van der Waals surface area (Å²) in [5.74, 6) is -0.448. The number of pyridine rings is 1. The van der Waals surface area contributed by atoms with E-state index in [0.717, 1.165) is 16.7 Å². The minimum absolute atomic E-state index is 0.00168. The molecule has 1 saturated heterocycles. The molecule has 0 aliphatic carbocycles. The summed E-state index contributed by atoms with van der Waals surface area (Å²) in [5.41, 5.74) is 2.87. The third kappa shape index (κ3) is 4.02. The van der Waals surface area contributed by atoms with Crippen molar-refractivity contribution in [2.45, 2.75) is 39.3 Å². The van der Waals surface area contributed by atoms with Crippen LogP contribution in [0.1, 0.15) is 53.8 Å². The van der Waals surface area contributed by atoms with Crippen molar-refractivity contribution in [2.75, 3.05) is 7.11 Å². The van der Waals surface area contributed by atoms with E-state index in [9.17, 15) is 14.7 Å². The van der Waals surface area contributed by atoms with Gasteiger partial charge in [-0.25, -0.2) is 0 Å². The first kappa shape index (κ1) is 22.3. The first-order valence-corrected chi connectivity index (χ1v) is 10.7. The van der Waals surface area contributed by atoms with E-state index in [1.54, 1.807) is 37.7 Å². The van der Waals surface area contributed by atoms with Gasteiger partial charge in [0, 0.05) is 24.5 Å². The fourth-order valence-electron chi connectivity index (χ4n) is 4.20. The van der Waals surface area contributed by atoms with Gasteiger partial charge in [-0.15, -0.1) is 0 Å². The summed E-state index contributed by atoms with van der Waals surface area (Å²) in [7, 11) is 1.60. The molecule has 0 saturated carbocycles. The second-order valence-corrected chi connectivity index (χ2v) is 8.37. The molecule has 0 bridgehead atoms. The molecule has 7 nitrogen and oxygen atoms in total. The molecule has 1 aliphatic heterocycles. The van der Waals surface area contributed by atoms with Crippen LogP contribution in [0.2, 0.25) is 0 Å². The van der Waals surface area contributed by atoms with Gasteiger partial charge in [-0.05, 0) is 59.9 Å². The Kier molecular flexibility index (Phi) is 6.05. The second kappa shape index (κ2) is 8.94. The Morgan fingerprint density at radius 3 is 2.64 bits per heavy atom. The number of hydrogen-bond acceptors (Lipinski definition) is 6. The summed E-state index contributed by atoms with van der Waals surface area (Å²) in [6, 6.07) is 9.77. The van der Waals surface area contributed by atoms with Crippen molar-refractivity contribution in [3.8, 4) is 5.75 Å². The van der Waals surface area contributed by atoms with Crippen LogP contribution < -0.4 is 4.74 Å². The number of nitrogens with zero attached hydrogens (tertiary/aromatic N) is 2. The molecule has 7 heteroatoms. The van der Waals surface area contributed by atoms with Crippen molar-refractivity contribution >= 4 is 17.4 Å². The van der Waals surface area contributed by atoms with Crippen LogP contribution in [0.4, 0.5) is 0 Å². The molecule has 4 rings (SSSR count). The molecule has 1 N–H and O–H groups in total. The predicted octanol–water partition coefficient (Wildman–Crippen LogP) is 4.74. The Morgan fingerprint density at radius 1 is 1.24 bits per heavy atom. The summed E-state index contributed by atoms with van der Waals surface area (Å²) in [6.07, 6.45) is 4.76. The molecule has 0 spiro atoms. The minimum atomic E-state index is -0.857. The van der Waals surface area contributed by atoms with E-state index < -0.39 is 17.7 Å². The Balaban J connectivity index is 1.88. The van der Waals surface area contributed by atoms with Crippen LogP contribution in [0.25, 0.3) is 5.76 Å². The number of methoxy groups -OCH3 is 1. The quantitative estimate of drug-likeness (QED) is 0.334. The lowest BCUT2D eigenvalue weighted by Crippen LogP contribution is -2.29. The molecule has 0 radical (unpaired) electrons. The third-order valence-electron chi connectivity index (χ3n) is 5.88. The van der Waals surface area contributed by atoms with Gasteiger partial charge in [0.25, 0.3) is 11.7 Å². The van der Waals surface area contributed by atoms with Crippen LogP contribution in [-0.2, 0) is 16.1 Å². The lowest BCUT2D eigenvalue weighted by molar-refractivity contribution is -0.140. The van der Waals surface area contributed by atoms with E-state index in [0.29, 0.717) is 17.1 Å². The Labute approximate surface area is 192 Å². The smallest absolute Gasteiger partial charge is 0.296 e. The number of Topliss-reactive ketones (excluding diaryl/α,β-unsaturated/α-hetero) is 1. The van der Waals surface area contributed by atoms with E-state index in [1.807, 2.05) is 39.0 Å². The van der Waals surface area contributed by atoms with E-state index in [-0.39, 0.29) is 23.8 Å². The molecule has 170 valence electrons. The summed E-state index contributed by atoms with van der Waals surface area (Å²) < 4.78 is 11.1. The molecule has 1 amide bonds. The van der Waals surface area contributed by atoms with Gasteiger partial charge >= 0.3 is 0 Å². The van der Waals surface area contributed by atoms with Crippen LogP contribution >= 0.6 is 0 Å². The number of likely N-dealkylation sites (tertiary alicyclic amines) is 1. The third-order valence-corrected chi connectivity index (χ3v) is 5.88. The normalized spacial score (nSPS) is 17.7. The van der Waals surface area contributed by atoms with Crippen molar-refractivity contribution in [3.05, 3.63) is 88.6 Å². The van der Waals surface area contributed by atoms with Crippen molar-refractivity contribution < 1.29 is 23.8 Å². The first-order chi connectivity index (χ1) is 15.8. The lowest BCUT2D eigenvalue weighted by Gasteiger charge is -2.23. The maximum Gasteiger partial charge on any atom is 0.296 e. The van der Waals surface area contributed by atoms with Crippen LogP contribution in [-0.4, -0.2) is 33.8 Å². The maximum absolute atomic E-state index is 13.2. The molecular weight excluding hydrogens is 420 g/mol.